The SMILES string of the molecule is COCC1(C(=O)NCCOc2cccc(Br)c2)CCNCC1.Cl. The molecule has 0 spiro atoms. The molecule has 1 saturated heterocycles. The Kier molecular flexibility index (Phi) is 8.91. The first-order chi connectivity index (χ1) is 10.7. The van der Waals surface area contributed by atoms with Crippen LogP contribution in [0.4, 0.5) is 0 Å². The van der Waals surface area contributed by atoms with Gasteiger partial charge in [-0.2, -0.15) is 0 Å². The van der Waals surface area contributed by atoms with Gasteiger partial charge < -0.3 is 20.1 Å². The lowest BCUT2D eigenvalue weighted by Crippen LogP contribution is -2.50. The van der Waals surface area contributed by atoms with Gasteiger partial charge in [-0.15, -0.1) is 12.4 Å². The third-order valence-electron chi connectivity index (χ3n) is 3.92. The minimum absolute atomic E-state index is 0. The van der Waals surface area contributed by atoms with Gasteiger partial charge in [0.2, 0.25) is 5.91 Å². The smallest absolute Gasteiger partial charge is 0.228 e. The fourth-order valence-corrected chi connectivity index (χ4v) is 3.07. The van der Waals surface area contributed by atoms with E-state index in [-0.39, 0.29) is 18.3 Å². The molecule has 1 amide bonds. The second-order valence-corrected chi connectivity index (χ2v) is 6.44. The van der Waals surface area contributed by atoms with Crippen molar-refractivity contribution in [1.29, 1.82) is 0 Å². The second kappa shape index (κ2) is 10.1. The molecule has 0 saturated carbocycles. The number of carbonyl (C=O) groups is 1. The molecule has 0 aromatic heterocycles. The number of benzene rings is 1. The normalized spacial score (nSPS) is 16.3. The third kappa shape index (κ3) is 5.95. The maximum atomic E-state index is 12.5. The average molecular weight is 408 g/mol. The fourth-order valence-electron chi connectivity index (χ4n) is 2.70. The summed E-state index contributed by atoms with van der Waals surface area (Å²) in [6, 6.07) is 7.66. The zero-order valence-electron chi connectivity index (χ0n) is 13.3. The summed E-state index contributed by atoms with van der Waals surface area (Å²) in [5.74, 6) is 0.853. The maximum absolute atomic E-state index is 12.5. The number of hydrogen-bond acceptors (Lipinski definition) is 4. The fraction of sp³-hybridized carbons (Fsp3) is 0.562. The minimum Gasteiger partial charge on any atom is -0.492 e. The lowest BCUT2D eigenvalue weighted by molar-refractivity contribution is -0.136. The summed E-state index contributed by atoms with van der Waals surface area (Å²) in [6.45, 7) is 3.11. The first-order valence-corrected chi connectivity index (χ1v) is 8.32. The topological polar surface area (TPSA) is 59.6 Å². The summed E-state index contributed by atoms with van der Waals surface area (Å²) in [4.78, 5) is 12.5. The molecule has 0 radical (unpaired) electrons. The van der Waals surface area contributed by atoms with Crippen LogP contribution in [0.5, 0.6) is 5.75 Å². The molecule has 1 aliphatic heterocycles. The lowest BCUT2D eigenvalue weighted by Gasteiger charge is -2.35. The van der Waals surface area contributed by atoms with Gasteiger partial charge in [0, 0.05) is 11.6 Å². The molecule has 7 heteroatoms. The first kappa shape index (κ1) is 20.2. The van der Waals surface area contributed by atoms with Crippen molar-refractivity contribution in [2.24, 2.45) is 5.41 Å². The molecule has 1 fully saturated rings. The van der Waals surface area contributed by atoms with E-state index in [2.05, 4.69) is 26.6 Å². The highest BCUT2D eigenvalue weighted by Crippen LogP contribution is 2.29. The van der Waals surface area contributed by atoms with E-state index in [1.807, 2.05) is 24.3 Å². The van der Waals surface area contributed by atoms with Crippen molar-refractivity contribution in [2.45, 2.75) is 12.8 Å². The molecule has 0 unspecified atom stereocenters. The Bertz CT molecular complexity index is 490. The van der Waals surface area contributed by atoms with Crippen LogP contribution in [0, 0.1) is 5.41 Å². The van der Waals surface area contributed by atoms with Crippen molar-refractivity contribution in [3.63, 3.8) is 0 Å². The molecule has 0 atom stereocenters. The van der Waals surface area contributed by atoms with Crippen LogP contribution in [-0.4, -0.2) is 45.9 Å². The molecular formula is C16H24BrClN2O3. The highest BCUT2D eigenvalue weighted by atomic mass is 79.9. The summed E-state index contributed by atoms with van der Waals surface area (Å²) in [7, 11) is 1.65. The Hall–Kier alpha value is -0.820. The number of ether oxygens (including phenoxy) is 2. The second-order valence-electron chi connectivity index (χ2n) is 5.53. The van der Waals surface area contributed by atoms with Crippen LogP contribution in [0.25, 0.3) is 0 Å². The summed E-state index contributed by atoms with van der Waals surface area (Å²) in [5.41, 5.74) is -0.407. The van der Waals surface area contributed by atoms with Crippen molar-refractivity contribution < 1.29 is 14.3 Å². The van der Waals surface area contributed by atoms with E-state index in [1.54, 1.807) is 7.11 Å². The van der Waals surface area contributed by atoms with Gasteiger partial charge in [-0.1, -0.05) is 22.0 Å². The molecule has 23 heavy (non-hydrogen) atoms. The molecule has 0 bridgehead atoms. The van der Waals surface area contributed by atoms with Crippen molar-refractivity contribution in [3.05, 3.63) is 28.7 Å². The van der Waals surface area contributed by atoms with Gasteiger partial charge in [0.25, 0.3) is 0 Å². The Labute approximate surface area is 152 Å². The average Bonchev–Trinajstić information content (AvgIpc) is 2.52. The van der Waals surface area contributed by atoms with Gasteiger partial charge in [0.05, 0.1) is 18.6 Å². The molecular weight excluding hydrogens is 384 g/mol. The van der Waals surface area contributed by atoms with E-state index in [0.717, 1.165) is 36.2 Å². The quantitative estimate of drug-likeness (QED) is 0.681. The van der Waals surface area contributed by atoms with Gasteiger partial charge in [0.1, 0.15) is 12.4 Å². The van der Waals surface area contributed by atoms with Crippen LogP contribution in [0.2, 0.25) is 0 Å². The summed E-state index contributed by atoms with van der Waals surface area (Å²) < 4.78 is 11.9. The number of carbonyl (C=O) groups excluding carboxylic acids is 1. The molecule has 2 N–H and O–H groups in total. The van der Waals surface area contributed by atoms with Crippen LogP contribution in [0.1, 0.15) is 12.8 Å². The van der Waals surface area contributed by atoms with Crippen LogP contribution in [0.15, 0.2) is 28.7 Å². The van der Waals surface area contributed by atoms with E-state index in [9.17, 15) is 4.79 Å². The van der Waals surface area contributed by atoms with Crippen LogP contribution in [0.3, 0.4) is 0 Å². The Morgan fingerprint density at radius 3 is 2.78 bits per heavy atom. The van der Waals surface area contributed by atoms with Crippen LogP contribution in [-0.2, 0) is 9.53 Å². The summed E-state index contributed by atoms with van der Waals surface area (Å²) in [6.07, 6.45) is 1.61. The lowest BCUT2D eigenvalue weighted by atomic mass is 9.78. The van der Waals surface area contributed by atoms with E-state index in [0.29, 0.717) is 19.8 Å². The van der Waals surface area contributed by atoms with Gasteiger partial charge in [-0.25, -0.2) is 0 Å². The molecule has 1 aromatic rings. The number of nitrogens with one attached hydrogen (secondary N) is 2. The molecule has 130 valence electrons. The molecule has 1 aromatic carbocycles. The maximum Gasteiger partial charge on any atom is 0.228 e. The van der Waals surface area contributed by atoms with Gasteiger partial charge in [0.15, 0.2) is 0 Å². The molecule has 1 heterocycles. The zero-order chi connectivity index (χ0) is 15.8. The van der Waals surface area contributed by atoms with Crippen molar-refractivity contribution >= 4 is 34.2 Å². The number of methoxy groups -OCH3 is 1. The van der Waals surface area contributed by atoms with Crippen molar-refractivity contribution in [1.82, 2.24) is 10.6 Å². The monoisotopic (exact) mass is 406 g/mol. The molecule has 2 rings (SSSR count). The Morgan fingerprint density at radius 2 is 2.13 bits per heavy atom. The number of piperidine rings is 1. The molecule has 5 nitrogen and oxygen atoms in total. The van der Waals surface area contributed by atoms with E-state index in [4.69, 9.17) is 9.47 Å². The van der Waals surface area contributed by atoms with Gasteiger partial charge in [-0.3, -0.25) is 4.79 Å². The van der Waals surface area contributed by atoms with Gasteiger partial charge >= 0.3 is 0 Å². The van der Waals surface area contributed by atoms with Crippen molar-refractivity contribution in [3.8, 4) is 5.75 Å². The van der Waals surface area contributed by atoms with Crippen molar-refractivity contribution in [2.75, 3.05) is 40.0 Å². The predicted molar refractivity (Wildman–Crippen MR) is 96.3 cm³/mol. The molecule has 1 aliphatic rings. The number of hydrogen-bond donors (Lipinski definition) is 2. The summed E-state index contributed by atoms with van der Waals surface area (Å²) >= 11 is 3.40. The zero-order valence-corrected chi connectivity index (χ0v) is 15.7. The third-order valence-corrected chi connectivity index (χ3v) is 4.41. The number of rotatable bonds is 7. The van der Waals surface area contributed by atoms with Crippen LogP contribution < -0.4 is 15.4 Å². The first-order valence-electron chi connectivity index (χ1n) is 7.53. The van der Waals surface area contributed by atoms with E-state index < -0.39 is 5.41 Å². The summed E-state index contributed by atoms with van der Waals surface area (Å²) in [5, 5.41) is 6.26. The highest BCUT2D eigenvalue weighted by molar-refractivity contribution is 9.10. The van der Waals surface area contributed by atoms with E-state index >= 15 is 0 Å². The Balaban J connectivity index is 0.00000264. The van der Waals surface area contributed by atoms with E-state index in [1.165, 1.54) is 0 Å². The minimum atomic E-state index is -0.407. The van der Waals surface area contributed by atoms with Gasteiger partial charge in [-0.05, 0) is 44.1 Å². The molecule has 0 aliphatic carbocycles. The number of amides is 1. The highest BCUT2D eigenvalue weighted by Gasteiger charge is 2.39. The van der Waals surface area contributed by atoms with Crippen LogP contribution >= 0.6 is 28.3 Å². The predicted octanol–water partition coefficient (Wildman–Crippen LogP) is 2.38. The standard InChI is InChI=1S/C16H23BrN2O3.ClH/c1-21-12-16(5-7-18-8-6-16)15(20)19-9-10-22-14-4-2-3-13(17)11-14;/h2-4,11,18H,5-10,12H2,1H3,(H,19,20);1H. The number of halogens is 2. The Morgan fingerprint density at radius 1 is 1.39 bits per heavy atom. The largest absolute Gasteiger partial charge is 0.492 e.